The van der Waals surface area contributed by atoms with Gasteiger partial charge in [-0.1, -0.05) is 0 Å². The van der Waals surface area contributed by atoms with Gasteiger partial charge in [0.2, 0.25) is 0 Å². The van der Waals surface area contributed by atoms with Gasteiger partial charge in [-0.05, 0) is 0 Å². The molecule has 0 aromatic carbocycles. The minimum absolute atomic E-state index is 0.355. The third-order valence-electron chi connectivity index (χ3n) is 1.93. The van der Waals surface area contributed by atoms with Gasteiger partial charge in [0.1, 0.15) is 36.1 Å². The zero-order valence-corrected chi connectivity index (χ0v) is 8.16. The van der Waals surface area contributed by atoms with Gasteiger partial charge in [-0.3, -0.25) is 0 Å². The Hall–Kier alpha value is -0.950. The monoisotopic (exact) mass is 221 g/mol. The van der Waals surface area contributed by atoms with Gasteiger partial charge in [-0.2, -0.15) is 0 Å². The van der Waals surface area contributed by atoms with Crippen LogP contribution in [0.1, 0.15) is 0 Å². The van der Waals surface area contributed by atoms with Crippen molar-refractivity contribution in [1.82, 2.24) is 5.32 Å². The summed E-state index contributed by atoms with van der Waals surface area (Å²) in [7, 11) is 1.32. The van der Waals surface area contributed by atoms with Crippen molar-refractivity contribution in [2.24, 2.45) is 0 Å². The zero-order valence-electron chi connectivity index (χ0n) is 8.16. The highest BCUT2D eigenvalue weighted by Crippen LogP contribution is 2.08. The molecule has 4 atom stereocenters. The van der Waals surface area contributed by atoms with Crippen molar-refractivity contribution >= 4 is 5.94 Å². The second kappa shape index (κ2) is 6.52. The molecule has 0 bridgehead atoms. The summed E-state index contributed by atoms with van der Waals surface area (Å²) in [6.45, 7) is -0.773. The van der Waals surface area contributed by atoms with E-state index in [4.69, 9.17) is 10.2 Å². The van der Waals surface area contributed by atoms with E-state index in [1.165, 1.54) is 13.0 Å². The molecule has 0 saturated carbocycles. The van der Waals surface area contributed by atoms with Gasteiger partial charge in [0.15, 0.2) is 0 Å². The average molecular weight is 221 g/mol. The van der Waals surface area contributed by atoms with Gasteiger partial charge in [0.05, 0.1) is 6.61 Å². The Labute approximate surface area is 86.3 Å². The number of likely N-dealkylation sites (N-methyl/N-ethyl adjacent to an activating group) is 1. The first kappa shape index (κ1) is 14.1. The maximum absolute atomic E-state index is 10.3. The van der Waals surface area contributed by atoms with Crippen molar-refractivity contribution in [3.8, 4) is 0 Å². The van der Waals surface area contributed by atoms with Gasteiger partial charge in [-0.15, -0.1) is 0 Å². The van der Waals surface area contributed by atoms with E-state index < -0.39 is 31.0 Å². The molecule has 0 amide bonds. The topological polar surface area (TPSA) is 130 Å². The molecule has 0 aromatic heterocycles. The van der Waals surface area contributed by atoms with Crippen molar-refractivity contribution in [2.75, 3.05) is 13.7 Å². The fourth-order valence-electron chi connectivity index (χ4n) is 0.952. The van der Waals surface area contributed by atoms with E-state index in [1.54, 1.807) is 0 Å². The van der Waals surface area contributed by atoms with E-state index >= 15 is 0 Å². The van der Waals surface area contributed by atoms with Crippen molar-refractivity contribution in [1.29, 1.82) is 0 Å². The molecule has 15 heavy (non-hydrogen) atoms. The van der Waals surface area contributed by atoms with Crippen LogP contribution in [0, 0.1) is 0 Å². The van der Waals surface area contributed by atoms with E-state index in [2.05, 4.69) is 5.32 Å². The lowest BCUT2D eigenvalue weighted by Crippen LogP contribution is -2.47. The Kier molecular flexibility index (Phi) is 6.11. The molecule has 0 aromatic rings. The Morgan fingerprint density at radius 3 is 2.13 bits per heavy atom. The third-order valence-corrected chi connectivity index (χ3v) is 1.93. The highest BCUT2D eigenvalue weighted by molar-refractivity contribution is 5.53. The molecule has 0 aliphatic heterocycles. The summed E-state index contributed by atoms with van der Waals surface area (Å²) in [5.41, 5.74) is -0.355. The van der Waals surface area contributed by atoms with Crippen molar-refractivity contribution < 1.29 is 30.3 Å². The lowest BCUT2D eigenvalue weighted by Gasteiger charge is -2.25. The Morgan fingerprint density at radius 2 is 1.80 bits per heavy atom. The smallest absolute Gasteiger partial charge is 0.148 e. The molecule has 7 heteroatoms. The van der Waals surface area contributed by atoms with Crippen LogP contribution >= 0.6 is 0 Å². The SMILES string of the molecule is CNC(=C=O)[C@H](O)[C@@H](O)[C@H](O)[C@H](O)CO. The highest BCUT2D eigenvalue weighted by atomic mass is 16.4. The van der Waals surface area contributed by atoms with Crippen molar-refractivity contribution in [3.63, 3.8) is 0 Å². The summed E-state index contributed by atoms with van der Waals surface area (Å²) in [5, 5.41) is 47.6. The quantitative estimate of drug-likeness (QED) is 0.255. The van der Waals surface area contributed by atoms with Crippen LogP contribution in [0.5, 0.6) is 0 Å². The maximum Gasteiger partial charge on any atom is 0.148 e. The first-order valence-electron chi connectivity index (χ1n) is 4.25. The van der Waals surface area contributed by atoms with E-state index in [0.717, 1.165) is 0 Å². The molecule has 0 radical (unpaired) electrons. The summed E-state index contributed by atoms with van der Waals surface area (Å²) in [4.78, 5) is 10.3. The molecule has 0 aliphatic carbocycles. The molecule has 6 N–H and O–H groups in total. The Bertz CT molecular complexity index is 239. The number of aliphatic hydroxyl groups is 5. The van der Waals surface area contributed by atoms with Gasteiger partial charge in [-0.25, -0.2) is 4.79 Å². The number of hydrogen-bond donors (Lipinski definition) is 6. The van der Waals surface area contributed by atoms with Crippen LogP contribution in [-0.4, -0.2) is 69.5 Å². The molecule has 88 valence electrons. The maximum atomic E-state index is 10.3. The van der Waals surface area contributed by atoms with Crippen molar-refractivity contribution in [3.05, 3.63) is 5.70 Å². The molecule has 0 unspecified atom stereocenters. The van der Waals surface area contributed by atoms with E-state index in [9.17, 15) is 20.1 Å². The number of carbonyl (C=O) groups excluding carboxylic acids is 1. The average Bonchev–Trinajstić information content (AvgIpc) is 2.27. The first-order valence-corrected chi connectivity index (χ1v) is 4.25. The predicted molar refractivity (Wildman–Crippen MR) is 49.4 cm³/mol. The molecule has 0 spiro atoms. The van der Waals surface area contributed by atoms with Gasteiger partial charge in [0, 0.05) is 7.05 Å². The second-order valence-corrected chi connectivity index (χ2v) is 2.94. The molecule has 0 aliphatic rings. The van der Waals surface area contributed by atoms with Crippen LogP contribution in [0.4, 0.5) is 0 Å². The minimum atomic E-state index is -1.80. The largest absolute Gasteiger partial charge is 0.394 e. The fourth-order valence-corrected chi connectivity index (χ4v) is 0.952. The number of aliphatic hydroxyl groups excluding tert-OH is 5. The number of hydrogen-bond acceptors (Lipinski definition) is 7. The summed E-state index contributed by atoms with van der Waals surface area (Å²) < 4.78 is 0. The second-order valence-electron chi connectivity index (χ2n) is 2.94. The minimum Gasteiger partial charge on any atom is -0.394 e. The molecular weight excluding hydrogens is 206 g/mol. The van der Waals surface area contributed by atoms with Crippen LogP contribution in [0.3, 0.4) is 0 Å². The molecule has 0 fully saturated rings. The first-order chi connectivity index (χ1) is 6.99. The predicted octanol–water partition coefficient (Wildman–Crippen LogP) is -3.64. The summed E-state index contributed by atoms with van der Waals surface area (Å²) >= 11 is 0. The van der Waals surface area contributed by atoms with Gasteiger partial charge < -0.3 is 30.8 Å². The molecule has 0 saturated heterocycles. The Balaban J connectivity index is 4.56. The van der Waals surface area contributed by atoms with Crippen LogP contribution in [0.15, 0.2) is 5.70 Å². The third kappa shape index (κ3) is 3.60. The van der Waals surface area contributed by atoms with Crippen LogP contribution in [-0.2, 0) is 4.79 Å². The standard InChI is InChI=1S/C8H15NO6/c1-9-4(2-10)6(13)8(15)7(14)5(12)3-11/h5-9,11-15H,3H2,1H3/t5-,6+,7-,8-/m1/s1. The Morgan fingerprint density at radius 1 is 1.27 bits per heavy atom. The molecule has 0 rings (SSSR count). The number of rotatable bonds is 6. The van der Waals surface area contributed by atoms with Crippen LogP contribution in [0.2, 0.25) is 0 Å². The molecule has 0 heterocycles. The van der Waals surface area contributed by atoms with E-state index in [-0.39, 0.29) is 5.70 Å². The fraction of sp³-hybridized carbons (Fsp3) is 0.750. The molecular formula is C8H15NO6. The van der Waals surface area contributed by atoms with Crippen LogP contribution < -0.4 is 5.32 Å². The summed E-state index contributed by atoms with van der Waals surface area (Å²) in [6.07, 6.45) is -6.86. The van der Waals surface area contributed by atoms with Gasteiger partial charge >= 0.3 is 0 Å². The van der Waals surface area contributed by atoms with Gasteiger partial charge in [0.25, 0.3) is 0 Å². The highest BCUT2D eigenvalue weighted by Gasteiger charge is 2.32. The van der Waals surface area contributed by atoms with E-state index in [1.807, 2.05) is 0 Å². The molecule has 7 nitrogen and oxygen atoms in total. The van der Waals surface area contributed by atoms with E-state index in [0.29, 0.717) is 0 Å². The normalized spacial score (nSPS) is 18.5. The summed E-state index contributed by atoms with van der Waals surface area (Å²) in [6, 6.07) is 0. The summed E-state index contributed by atoms with van der Waals surface area (Å²) in [5.74, 6) is 1.33. The van der Waals surface area contributed by atoms with Crippen LogP contribution in [0.25, 0.3) is 0 Å². The van der Waals surface area contributed by atoms with Crippen molar-refractivity contribution in [2.45, 2.75) is 24.4 Å². The lowest BCUT2D eigenvalue weighted by molar-refractivity contribution is -0.107. The lowest BCUT2D eigenvalue weighted by atomic mass is 10.0. The zero-order chi connectivity index (χ0) is 12.0. The number of nitrogens with one attached hydrogen (secondary N) is 1.